The average Bonchev–Trinajstić information content (AvgIpc) is 3.38. The third kappa shape index (κ3) is 5.99. The molecule has 4 aliphatic rings. The fourth-order valence-corrected chi connectivity index (χ4v) is 7.97. The van der Waals surface area contributed by atoms with E-state index < -0.39 is 0 Å². The number of thioether (sulfide) groups is 1. The van der Waals surface area contributed by atoms with Gasteiger partial charge in [0.25, 0.3) is 11.8 Å². The molecule has 43 heavy (non-hydrogen) atoms. The third-order valence-electron chi connectivity index (χ3n) is 8.30. The van der Waals surface area contributed by atoms with Gasteiger partial charge in [-0.3, -0.25) is 14.5 Å². The molecule has 0 spiro atoms. The van der Waals surface area contributed by atoms with Gasteiger partial charge in [-0.05, 0) is 74.7 Å². The predicted octanol–water partition coefficient (Wildman–Crippen LogP) is 3.77. The summed E-state index contributed by atoms with van der Waals surface area (Å²) < 4.78 is 6.00. The van der Waals surface area contributed by atoms with Crippen LogP contribution in [-0.4, -0.2) is 66.4 Å². The monoisotopic (exact) mass is 622 g/mol. The van der Waals surface area contributed by atoms with Crippen LogP contribution in [0, 0.1) is 12.8 Å². The number of nitrogens with zero attached hydrogens (tertiary/aromatic N) is 2. The Bertz CT molecular complexity index is 1480. The van der Waals surface area contributed by atoms with E-state index in [9.17, 15) is 14.4 Å². The second-order valence-electron chi connectivity index (χ2n) is 11.1. The molecule has 0 radical (unpaired) electrons. The summed E-state index contributed by atoms with van der Waals surface area (Å²) >= 11 is 7.57. The van der Waals surface area contributed by atoms with Gasteiger partial charge in [0, 0.05) is 43.0 Å². The second kappa shape index (κ2) is 12.6. The Morgan fingerprint density at radius 1 is 1.19 bits per heavy atom. The van der Waals surface area contributed by atoms with Crippen LogP contribution in [0.25, 0.3) is 0 Å². The highest BCUT2D eigenvalue weighted by Gasteiger charge is 2.52. The predicted molar refractivity (Wildman–Crippen MR) is 168 cm³/mol. The molecule has 0 aromatic heterocycles. The summed E-state index contributed by atoms with van der Waals surface area (Å²) in [6, 6.07) is 14.8. The first kappa shape index (κ1) is 29.6. The summed E-state index contributed by atoms with van der Waals surface area (Å²) in [5, 5.41) is 9.79. The number of rotatable bonds is 7. The highest BCUT2D eigenvalue weighted by molar-refractivity contribution is 8.04. The molecule has 6 rings (SSSR count). The molecule has 3 unspecified atom stereocenters. The number of hydrogen-bond acceptors (Lipinski definition) is 7. The minimum atomic E-state index is -0.281. The van der Waals surface area contributed by atoms with Gasteiger partial charge in [0.05, 0.1) is 16.3 Å². The van der Waals surface area contributed by atoms with E-state index >= 15 is 0 Å². The average molecular weight is 623 g/mol. The number of para-hydroxylation sites is 1. The number of ether oxygens (including phenoxy) is 1. The van der Waals surface area contributed by atoms with E-state index in [0.717, 1.165) is 42.8 Å². The summed E-state index contributed by atoms with van der Waals surface area (Å²) in [5.41, 5.74) is 7.92. The van der Waals surface area contributed by atoms with Crippen LogP contribution in [-0.2, 0) is 9.59 Å². The largest absolute Gasteiger partial charge is 0.457 e. The second-order valence-corrected chi connectivity index (χ2v) is 12.7. The van der Waals surface area contributed by atoms with Gasteiger partial charge in [-0.2, -0.15) is 0 Å². The maximum atomic E-state index is 13.7. The SMILES string of the molecule is Cc1cc(Oc2ccccc2)ccc1N1C(=O)NC2=C(C(=O)N[C@@H]3CCCN(C(=O)/C(Cl)=C/CN)C3)SC3NCCC1C23. The van der Waals surface area contributed by atoms with Crippen molar-refractivity contribution in [2.24, 2.45) is 11.7 Å². The van der Waals surface area contributed by atoms with Gasteiger partial charge in [0.15, 0.2) is 0 Å². The van der Waals surface area contributed by atoms with Crippen LogP contribution in [0.3, 0.4) is 0 Å². The summed E-state index contributed by atoms with van der Waals surface area (Å²) in [7, 11) is 0. The van der Waals surface area contributed by atoms with Crippen LogP contribution in [0.5, 0.6) is 11.5 Å². The van der Waals surface area contributed by atoms with E-state index in [1.54, 1.807) is 4.90 Å². The Morgan fingerprint density at radius 3 is 2.77 bits per heavy atom. The van der Waals surface area contributed by atoms with Gasteiger partial charge < -0.3 is 31.3 Å². The Hall–Kier alpha value is -3.51. The zero-order chi connectivity index (χ0) is 30.1. The summed E-state index contributed by atoms with van der Waals surface area (Å²) in [5.74, 6) is 0.863. The summed E-state index contributed by atoms with van der Waals surface area (Å²) in [4.78, 5) is 44.0. The molecule has 4 amide bonds. The number of anilines is 1. The maximum absolute atomic E-state index is 13.7. The number of benzene rings is 2. The lowest BCUT2D eigenvalue weighted by Crippen LogP contribution is -2.62. The zero-order valence-electron chi connectivity index (χ0n) is 23.8. The molecule has 4 heterocycles. The van der Waals surface area contributed by atoms with Crippen LogP contribution in [0.1, 0.15) is 24.8 Å². The molecular weight excluding hydrogens is 588 g/mol. The van der Waals surface area contributed by atoms with Crippen LogP contribution in [0.2, 0.25) is 0 Å². The number of piperidine rings is 2. The number of carbonyl (C=O) groups is 3. The molecule has 2 aromatic carbocycles. The molecular formula is C31H35ClN6O4S. The molecule has 4 atom stereocenters. The summed E-state index contributed by atoms with van der Waals surface area (Å²) in [6.07, 6.45) is 3.74. The first-order valence-electron chi connectivity index (χ1n) is 14.6. The van der Waals surface area contributed by atoms with Gasteiger partial charge in [-0.15, -0.1) is 0 Å². The van der Waals surface area contributed by atoms with Crippen LogP contribution in [0.4, 0.5) is 10.5 Å². The lowest BCUT2D eigenvalue weighted by Gasteiger charge is -2.46. The standard InChI is InChI=1S/C31H35ClN6O4S/c1-18-16-21(42-20-7-3-2-4-8-20)9-10-23(18)38-24-12-14-34-29-25(24)26(36-31(38)41)27(43-29)28(39)35-19-6-5-15-37(17-19)30(40)22(32)11-13-33/h2-4,7-11,16,19,24-25,29,34H,5-6,12-15,17,33H2,1H3,(H,35,39)(H,36,41)/b22-11-/t19-,24?,25?,29?/m1/s1. The maximum Gasteiger partial charge on any atom is 0.326 e. The zero-order valence-corrected chi connectivity index (χ0v) is 25.4. The van der Waals surface area contributed by atoms with Gasteiger partial charge in [0.1, 0.15) is 16.5 Å². The molecule has 0 saturated carbocycles. The van der Waals surface area contributed by atoms with E-state index in [-0.39, 0.29) is 52.8 Å². The molecule has 2 aromatic rings. The highest BCUT2D eigenvalue weighted by atomic mass is 35.5. The van der Waals surface area contributed by atoms with Crippen LogP contribution >= 0.6 is 23.4 Å². The Kier molecular flexibility index (Phi) is 8.67. The first-order chi connectivity index (χ1) is 20.8. The van der Waals surface area contributed by atoms with Gasteiger partial charge >= 0.3 is 6.03 Å². The number of urea groups is 1. The highest BCUT2D eigenvalue weighted by Crippen LogP contribution is 2.48. The molecule has 0 bridgehead atoms. The number of hydrogen-bond donors (Lipinski definition) is 4. The molecule has 3 fully saturated rings. The fourth-order valence-electron chi connectivity index (χ4n) is 6.36. The van der Waals surface area contributed by atoms with Crippen molar-refractivity contribution in [3.05, 3.63) is 75.8 Å². The minimum Gasteiger partial charge on any atom is -0.457 e. The number of amides is 4. The van der Waals surface area contributed by atoms with E-state index in [4.69, 9.17) is 22.1 Å². The minimum absolute atomic E-state index is 0.0387. The fraction of sp³-hybridized carbons (Fsp3) is 0.387. The van der Waals surface area contributed by atoms with Gasteiger partial charge in [-0.1, -0.05) is 41.6 Å². The molecule has 0 aliphatic carbocycles. The Labute approximate surface area is 260 Å². The number of likely N-dealkylation sites (tertiary alicyclic amines) is 1. The summed E-state index contributed by atoms with van der Waals surface area (Å²) in [6.45, 7) is 3.83. The number of carbonyl (C=O) groups excluding carboxylic acids is 3. The molecule has 226 valence electrons. The Morgan fingerprint density at radius 2 is 2.00 bits per heavy atom. The van der Waals surface area contributed by atoms with Crippen molar-refractivity contribution >= 4 is 46.9 Å². The molecule has 3 saturated heterocycles. The van der Waals surface area contributed by atoms with Crippen molar-refractivity contribution in [3.63, 3.8) is 0 Å². The van der Waals surface area contributed by atoms with Gasteiger partial charge in [0.2, 0.25) is 0 Å². The lowest BCUT2D eigenvalue weighted by atomic mass is 9.86. The third-order valence-corrected chi connectivity index (χ3v) is 9.97. The van der Waals surface area contributed by atoms with Crippen LogP contribution in [0.15, 0.2) is 70.2 Å². The van der Waals surface area contributed by atoms with Crippen molar-refractivity contribution < 1.29 is 19.1 Å². The molecule has 10 nitrogen and oxygen atoms in total. The number of aryl methyl sites for hydroxylation is 1. The lowest BCUT2D eigenvalue weighted by molar-refractivity contribution is -0.128. The number of nitrogens with one attached hydrogen (secondary N) is 3. The van der Waals surface area contributed by atoms with Crippen molar-refractivity contribution in [2.75, 3.05) is 31.1 Å². The molecule has 4 aliphatic heterocycles. The first-order valence-corrected chi connectivity index (χ1v) is 15.8. The van der Waals surface area contributed by atoms with E-state index in [0.29, 0.717) is 29.4 Å². The van der Waals surface area contributed by atoms with E-state index in [2.05, 4.69) is 16.0 Å². The van der Waals surface area contributed by atoms with Crippen molar-refractivity contribution in [1.82, 2.24) is 20.9 Å². The van der Waals surface area contributed by atoms with Crippen molar-refractivity contribution in [1.29, 1.82) is 0 Å². The number of nitrogens with two attached hydrogens (primary N) is 1. The molecule has 5 N–H and O–H groups in total. The normalized spacial score (nSPS) is 25.3. The molecule has 12 heteroatoms. The quantitative estimate of drug-likeness (QED) is 0.346. The van der Waals surface area contributed by atoms with E-state index in [1.165, 1.54) is 17.8 Å². The Balaban J connectivity index is 1.19. The van der Waals surface area contributed by atoms with Crippen LogP contribution < -0.4 is 31.3 Å². The number of halogens is 1. The van der Waals surface area contributed by atoms with Crippen molar-refractivity contribution in [2.45, 2.75) is 43.6 Å². The van der Waals surface area contributed by atoms with E-state index in [1.807, 2.05) is 60.4 Å². The topological polar surface area (TPSA) is 129 Å². The smallest absolute Gasteiger partial charge is 0.326 e. The van der Waals surface area contributed by atoms with Crippen molar-refractivity contribution in [3.8, 4) is 11.5 Å². The van der Waals surface area contributed by atoms with Gasteiger partial charge in [-0.25, -0.2) is 4.79 Å².